The van der Waals surface area contributed by atoms with Gasteiger partial charge in [-0.2, -0.15) is 0 Å². The smallest absolute Gasteiger partial charge is 0.303 e. The first-order valence-electron chi connectivity index (χ1n) is 9.70. The highest BCUT2D eigenvalue weighted by Gasteiger charge is 2.00. The van der Waals surface area contributed by atoms with Crippen LogP contribution in [0.4, 0.5) is 0 Å². The van der Waals surface area contributed by atoms with E-state index in [1.165, 1.54) is 25.7 Å². The van der Waals surface area contributed by atoms with E-state index in [1.807, 2.05) is 12.2 Å². The molecule has 142 valence electrons. The average Bonchev–Trinajstić information content (AvgIpc) is 2.58. The van der Waals surface area contributed by atoms with Crippen molar-refractivity contribution in [2.45, 2.75) is 83.7 Å². The van der Waals surface area contributed by atoms with Crippen molar-refractivity contribution >= 4 is 5.97 Å². The first-order valence-corrected chi connectivity index (χ1v) is 9.70. The van der Waals surface area contributed by atoms with Crippen molar-refractivity contribution in [2.75, 3.05) is 0 Å². The lowest BCUT2D eigenvalue weighted by atomic mass is 10.1. The number of carboxylic acids is 1. The minimum Gasteiger partial charge on any atom is -0.481 e. The number of aliphatic hydroxyl groups excluding tert-OH is 1. The summed E-state index contributed by atoms with van der Waals surface area (Å²) in [6.07, 6.45) is 26.3. The van der Waals surface area contributed by atoms with Crippen molar-refractivity contribution in [1.82, 2.24) is 0 Å². The number of carbonyl (C=O) groups is 1. The van der Waals surface area contributed by atoms with Crippen LogP contribution in [0.25, 0.3) is 0 Å². The van der Waals surface area contributed by atoms with Gasteiger partial charge in [0.2, 0.25) is 0 Å². The maximum Gasteiger partial charge on any atom is 0.303 e. The Morgan fingerprint density at radius 2 is 1.60 bits per heavy atom. The molecule has 0 amide bonds. The molecule has 0 fully saturated rings. The Morgan fingerprint density at radius 3 is 2.32 bits per heavy atom. The molecule has 0 aliphatic rings. The van der Waals surface area contributed by atoms with Gasteiger partial charge < -0.3 is 10.2 Å². The average molecular weight is 349 g/mol. The monoisotopic (exact) mass is 348 g/mol. The van der Waals surface area contributed by atoms with Crippen LogP contribution in [-0.2, 0) is 4.79 Å². The molecule has 0 aromatic heterocycles. The highest BCUT2D eigenvalue weighted by Crippen LogP contribution is 2.07. The molecule has 0 radical (unpaired) electrons. The molecule has 0 saturated heterocycles. The van der Waals surface area contributed by atoms with Gasteiger partial charge in [-0.3, -0.25) is 4.79 Å². The van der Waals surface area contributed by atoms with Crippen LogP contribution >= 0.6 is 0 Å². The van der Waals surface area contributed by atoms with Gasteiger partial charge in [0, 0.05) is 6.42 Å². The van der Waals surface area contributed by atoms with Crippen molar-refractivity contribution in [1.29, 1.82) is 0 Å². The number of rotatable bonds is 16. The lowest BCUT2D eigenvalue weighted by molar-refractivity contribution is -0.137. The van der Waals surface area contributed by atoms with Gasteiger partial charge in [-0.05, 0) is 38.5 Å². The molecule has 0 spiro atoms. The van der Waals surface area contributed by atoms with Crippen LogP contribution in [0.5, 0.6) is 0 Å². The number of unbranched alkanes of at least 4 members (excludes halogenated alkanes) is 5. The number of hydrogen-bond acceptors (Lipinski definition) is 2. The summed E-state index contributed by atoms with van der Waals surface area (Å²) in [4.78, 5) is 10.4. The molecule has 0 aromatic rings. The molecule has 2 N–H and O–H groups in total. The normalized spacial score (nSPS) is 13.7. The van der Waals surface area contributed by atoms with E-state index in [9.17, 15) is 9.90 Å². The van der Waals surface area contributed by atoms with Gasteiger partial charge in [0.15, 0.2) is 0 Å². The Kier molecular flexibility index (Phi) is 17.5. The third kappa shape index (κ3) is 20.3. The van der Waals surface area contributed by atoms with E-state index in [2.05, 4.69) is 37.3 Å². The largest absolute Gasteiger partial charge is 0.481 e. The van der Waals surface area contributed by atoms with Crippen LogP contribution < -0.4 is 0 Å². The topological polar surface area (TPSA) is 57.5 Å². The van der Waals surface area contributed by atoms with Gasteiger partial charge in [-0.15, -0.1) is 0 Å². The van der Waals surface area contributed by atoms with Crippen molar-refractivity contribution < 1.29 is 15.0 Å². The summed E-state index contributed by atoms with van der Waals surface area (Å²) in [5.74, 6) is -0.748. The predicted octanol–water partition coefficient (Wildman–Crippen LogP) is 5.97. The summed E-state index contributed by atoms with van der Waals surface area (Å²) in [6, 6.07) is 0. The zero-order valence-corrected chi connectivity index (χ0v) is 15.8. The number of aliphatic carboxylic acids is 1. The minimum absolute atomic E-state index is 0.219. The summed E-state index contributed by atoms with van der Waals surface area (Å²) in [5, 5.41) is 18.3. The van der Waals surface area contributed by atoms with Gasteiger partial charge in [0.05, 0.1) is 6.10 Å². The van der Waals surface area contributed by atoms with E-state index in [-0.39, 0.29) is 6.42 Å². The van der Waals surface area contributed by atoms with Crippen LogP contribution in [-0.4, -0.2) is 22.3 Å². The first-order chi connectivity index (χ1) is 12.2. The zero-order chi connectivity index (χ0) is 18.6. The highest BCUT2D eigenvalue weighted by molar-refractivity contribution is 5.66. The Bertz CT molecular complexity index is 419. The Hall–Kier alpha value is -1.61. The third-order valence-electron chi connectivity index (χ3n) is 3.82. The van der Waals surface area contributed by atoms with Gasteiger partial charge in [0.25, 0.3) is 0 Å². The van der Waals surface area contributed by atoms with Crippen molar-refractivity contribution in [2.24, 2.45) is 0 Å². The van der Waals surface area contributed by atoms with Gasteiger partial charge in [-0.1, -0.05) is 81.2 Å². The maximum atomic E-state index is 10.4. The Balaban J connectivity index is 3.57. The molecule has 0 aromatic carbocycles. The molecule has 0 aliphatic carbocycles. The van der Waals surface area contributed by atoms with Crippen LogP contribution in [0.15, 0.2) is 48.6 Å². The minimum atomic E-state index is -0.748. The first kappa shape index (κ1) is 23.4. The molecule has 25 heavy (non-hydrogen) atoms. The Labute approximate surface area is 153 Å². The molecule has 0 bridgehead atoms. The van der Waals surface area contributed by atoms with Crippen LogP contribution in [0.1, 0.15) is 77.6 Å². The standard InChI is InChI=1S/C22H36O3/c1-2-3-4-5-6-7-8-9-10-11-12-13-15-18-21(23)19-16-14-17-20-22(24)25/h6-7,9-10,12-13,15,18,21,23H,2-5,8,11,14,16-17,19-20H2,1H3,(H,24,25)/b7-6-,10-9-,13-12-,18-15+. The van der Waals surface area contributed by atoms with E-state index in [0.717, 1.165) is 25.7 Å². The van der Waals surface area contributed by atoms with Crippen LogP contribution in [0, 0.1) is 0 Å². The predicted molar refractivity (Wildman–Crippen MR) is 107 cm³/mol. The zero-order valence-electron chi connectivity index (χ0n) is 15.8. The molecule has 3 heteroatoms. The second-order valence-corrected chi connectivity index (χ2v) is 6.28. The quantitative estimate of drug-likeness (QED) is 0.205. The van der Waals surface area contributed by atoms with Crippen molar-refractivity contribution in [3.63, 3.8) is 0 Å². The van der Waals surface area contributed by atoms with Gasteiger partial charge in [0.1, 0.15) is 0 Å². The fourth-order valence-electron chi connectivity index (χ4n) is 2.33. The van der Waals surface area contributed by atoms with Gasteiger partial charge >= 0.3 is 5.97 Å². The second-order valence-electron chi connectivity index (χ2n) is 6.28. The maximum absolute atomic E-state index is 10.4. The number of aliphatic hydroxyl groups is 1. The molecule has 3 nitrogen and oxygen atoms in total. The van der Waals surface area contributed by atoms with Crippen molar-refractivity contribution in [3.05, 3.63) is 48.6 Å². The molecular weight excluding hydrogens is 312 g/mol. The summed E-state index contributed by atoms with van der Waals surface area (Å²) in [6.45, 7) is 2.22. The van der Waals surface area contributed by atoms with E-state index in [4.69, 9.17) is 5.11 Å². The number of carboxylic acid groups (broad SMARTS) is 1. The third-order valence-corrected chi connectivity index (χ3v) is 3.82. The van der Waals surface area contributed by atoms with E-state index >= 15 is 0 Å². The van der Waals surface area contributed by atoms with E-state index in [1.54, 1.807) is 6.08 Å². The fourth-order valence-corrected chi connectivity index (χ4v) is 2.33. The molecule has 0 heterocycles. The molecule has 1 unspecified atom stereocenters. The fraction of sp³-hybridized carbons (Fsp3) is 0.591. The summed E-state index contributed by atoms with van der Waals surface area (Å²) < 4.78 is 0. The number of allylic oxidation sites excluding steroid dienone is 7. The van der Waals surface area contributed by atoms with Crippen molar-refractivity contribution in [3.8, 4) is 0 Å². The molecule has 0 saturated carbocycles. The van der Waals surface area contributed by atoms with Crippen LogP contribution in [0.2, 0.25) is 0 Å². The molecule has 0 aliphatic heterocycles. The van der Waals surface area contributed by atoms with Gasteiger partial charge in [-0.25, -0.2) is 0 Å². The summed E-state index contributed by atoms with van der Waals surface area (Å²) in [7, 11) is 0. The number of hydrogen-bond donors (Lipinski definition) is 2. The Morgan fingerprint density at radius 1 is 0.880 bits per heavy atom. The lowest BCUT2D eigenvalue weighted by Gasteiger charge is -2.03. The summed E-state index contributed by atoms with van der Waals surface area (Å²) >= 11 is 0. The molecule has 0 rings (SSSR count). The SMILES string of the molecule is CCCCC/C=C\C/C=C\C/C=C\C=C\C(O)CCCCCC(=O)O. The van der Waals surface area contributed by atoms with E-state index < -0.39 is 12.1 Å². The highest BCUT2D eigenvalue weighted by atomic mass is 16.4. The molecular formula is C22H36O3. The second kappa shape index (κ2) is 18.7. The van der Waals surface area contributed by atoms with Crippen LogP contribution in [0.3, 0.4) is 0 Å². The lowest BCUT2D eigenvalue weighted by Crippen LogP contribution is -2.01. The van der Waals surface area contributed by atoms with E-state index in [0.29, 0.717) is 12.8 Å². The summed E-state index contributed by atoms with van der Waals surface area (Å²) in [5.41, 5.74) is 0. The molecule has 1 atom stereocenters.